The van der Waals surface area contributed by atoms with Crippen molar-refractivity contribution in [3.8, 4) is 5.75 Å². The van der Waals surface area contributed by atoms with E-state index < -0.39 is 5.25 Å². The summed E-state index contributed by atoms with van der Waals surface area (Å²) in [6.45, 7) is 6.25. The monoisotopic (exact) mass is 431 g/mol. The number of hydrogen-bond acceptors (Lipinski definition) is 5. The van der Waals surface area contributed by atoms with Crippen molar-refractivity contribution >= 4 is 29.1 Å². The summed E-state index contributed by atoms with van der Waals surface area (Å²) in [5.74, 6) is 0.792. The summed E-state index contributed by atoms with van der Waals surface area (Å²) in [6.07, 6.45) is 1.73. The summed E-state index contributed by atoms with van der Waals surface area (Å²) in [4.78, 5) is 12.6. The number of carbonyl (C=O) groups excluding carboxylic acids is 1. The average Bonchev–Trinajstić information content (AvgIpc) is 3.09. The Kier molecular flexibility index (Phi) is 7.06. The third-order valence-electron chi connectivity index (χ3n) is 4.07. The molecular weight excluding hydrogens is 413 g/mol. The number of aromatic nitrogens is 3. The van der Waals surface area contributed by atoms with Crippen LogP contribution in [0.25, 0.3) is 0 Å². The van der Waals surface area contributed by atoms with Crippen molar-refractivity contribution in [3.05, 3.63) is 83.4 Å². The van der Waals surface area contributed by atoms with E-state index in [4.69, 9.17) is 16.3 Å². The summed E-state index contributed by atoms with van der Waals surface area (Å²) < 4.78 is 20.7. The smallest absolute Gasteiger partial charge is 0.192 e. The second-order valence-corrected chi connectivity index (χ2v) is 7.92. The topological polar surface area (TPSA) is 57.0 Å². The van der Waals surface area contributed by atoms with Gasteiger partial charge in [-0.05, 0) is 55.5 Å². The first-order valence-electron chi connectivity index (χ1n) is 8.85. The van der Waals surface area contributed by atoms with Gasteiger partial charge >= 0.3 is 0 Å². The predicted molar refractivity (Wildman–Crippen MR) is 112 cm³/mol. The minimum atomic E-state index is -0.418. The maximum absolute atomic E-state index is 13.1. The number of nitrogens with zero attached hydrogens (tertiary/aromatic N) is 3. The van der Waals surface area contributed by atoms with Crippen LogP contribution in [-0.4, -0.2) is 25.8 Å². The highest BCUT2D eigenvalue weighted by Crippen LogP contribution is 2.26. The quantitative estimate of drug-likeness (QED) is 0.265. The molecule has 1 aromatic heterocycles. The Morgan fingerprint density at radius 1 is 1.24 bits per heavy atom. The van der Waals surface area contributed by atoms with Crippen molar-refractivity contribution in [1.82, 2.24) is 14.8 Å². The number of ketones is 1. The van der Waals surface area contributed by atoms with Crippen LogP contribution in [-0.2, 0) is 13.2 Å². The van der Waals surface area contributed by atoms with Crippen LogP contribution < -0.4 is 4.74 Å². The molecule has 0 spiro atoms. The lowest BCUT2D eigenvalue weighted by atomic mass is 10.1. The summed E-state index contributed by atoms with van der Waals surface area (Å²) in [5.41, 5.74) is 0.451. The van der Waals surface area contributed by atoms with Gasteiger partial charge < -0.3 is 4.74 Å². The van der Waals surface area contributed by atoms with E-state index in [0.29, 0.717) is 33.9 Å². The molecule has 0 N–H and O–H groups in total. The zero-order valence-corrected chi connectivity index (χ0v) is 17.3. The van der Waals surface area contributed by atoms with E-state index in [9.17, 15) is 9.18 Å². The Labute approximate surface area is 177 Å². The molecule has 150 valence electrons. The highest BCUT2D eigenvalue weighted by Gasteiger charge is 2.21. The molecule has 5 nitrogen and oxygen atoms in total. The molecule has 3 rings (SSSR count). The Bertz CT molecular complexity index is 990. The molecule has 0 aliphatic heterocycles. The van der Waals surface area contributed by atoms with Crippen LogP contribution in [0.5, 0.6) is 5.75 Å². The summed E-state index contributed by atoms with van der Waals surface area (Å²) in [5, 5.41) is 9.20. The fourth-order valence-corrected chi connectivity index (χ4v) is 3.65. The number of Topliss-reactive ketones (excluding diaryl/α,β-unsaturated/α-hetero) is 1. The van der Waals surface area contributed by atoms with Crippen molar-refractivity contribution in [2.45, 2.75) is 30.5 Å². The molecular formula is C21H19ClFN3O2S. The number of allylic oxidation sites excluding steroid dienone is 1. The highest BCUT2D eigenvalue weighted by atomic mass is 35.5. The van der Waals surface area contributed by atoms with Gasteiger partial charge in [0, 0.05) is 17.1 Å². The van der Waals surface area contributed by atoms with Gasteiger partial charge in [-0.1, -0.05) is 29.4 Å². The van der Waals surface area contributed by atoms with Gasteiger partial charge in [-0.3, -0.25) is 9.36 Å². The number of benzene rings is 2. The third-order valence-corrected chi connectivity index (χ3v) is 5.40. The molecule has 0 amide bonds. The first-order chi connectivity index (χ1) is 14.0. The van der Waals surface area contributed by atoms with Crippen molar-refractivity contribution in [2.24, 2.45) is 0 Å². The van der Waals surface area contributed by atoms with Gasteiger partial charge in [0.05, 0.1) is 5.25 Å². The second kappa shape index (κ2) is 9.71. The molecule has 29 heavy (non-hydrogen) atoms. The van der Waals surface area contributed by atoms with Gasteiger partial charge in [-0.15, -0.1) is 16.8 Å². The van der Waals surface area contributed by atoms with E-state index in [0.717, 1.165) is 0 Å². The van der Waals surface area contributed by atoms with E-state index >= 15 is 0 Å². The molecule has 0 aliphatic carbocycles. The van der Waals surface area contributed by atoms with Gasteiger partial charge in [0.25, 0.3) is 0 Å². The first kappa shape index (κ1) is 21.1. The van der Waals surface area contributed by atoms with Crippen LogP contribution >= 0.6 is 23.4 Å². The number of carbonyl (C=O) groups is 1. The minimum absolute atomic E-state index is 0.109. The van der Waals surface area contributed by atoms with Crippen LogP contribution in [0, 0.1) is 5.82 Å². The SMILES string of the molecule is C=CCn1c(COc2ccc(Cl)cc2)nnc1SC(C)C(=O)c1ccc(F)cc1. The molecule has 0 saturated heterocycles. The Balaban J connectivity index is 1.71. The molecule has 0 saturated carbocycles. The first-order valence-corrected chi connectivity index (χ1v) is 10.1. The predicted octanol–water partition coefficient (Wildman–Crippen LogP) is 5.20. The molecule has 2 aromatic carbocycles. The summed E-state index contributed by atoms with van der Waals surface area (Å²) >= 11 is 7.17. The van der Waals surface area contributed by atoms with Crippen LogP contribution in [0.1, 0.15) is 23.1 Å². The molecule has 1 unspecified atom stereocenters. The van der Waals surface area contributed by atoms with Crippen LogP contribution in [0.2, 0.25) is 5.02 Å². The molecule has 0 aliphatic rings. The molecule has 1 heterocycles. The molecule has 0 fully saturated rings. The van der Waals surface area contributed by atoms with E-state index in [1.165, 1.54) is 36.0 Å². The maximum Gasteiger partial charge on any atom is 0.192 e. The van der Waals surface area contributed by atoms with Crippen LogP contribution in [0.4, 0.5) is 4.39 Å². The fraction of sp³-hybridized carbons (Fsp3) is 0.190. The number of rotatable bonds is 9. The van der Waals surface area contributed by atoms with Crippen molar-refractivity contribution < 1.29 is 13.9 Å². The molecule has 1 atom stereocenters. The minimum Gasteiger partial charge on any atom is -0.486 e. The molecule has 0 bridgehead atoms. The van der Waals surface area contributed by atoms with Crippen molar-refractivity contribution in [1.29, 1.82) is 0 Å². The van der Waals surface area contributed by atoms with Crippen LogP contribution in [0.15, 0.2) is 66.3 Å². The summed E-state index contributed by atoms with van der Waals surface area (Å²) in [6, 6.07) is 12.5. The van der Waals surface area contributed by atoms with E-state index in [1.54, 1.807) is 37.3 Å². The maximum atomic E-state index is 13.1. The lowest BCUT2D eigenvalue weighted by Crippen LogP contribution is -2.15. The van der Waals surface area contributed by atoms with Gasteiger partial charge in [-0.2, -0.15) is 0 Å². The van der Waals surface area contributed by atoms with Gasteiger partial charge in [-0.25, -0.2) is 4.39 Å². The lowest BCUT2D eigenvalue weighted by Gasteiger charge is -2.12. The fourth-order valence-electron chi connectivity index (χ4n) is 2.56. The van der Waals surface area contributed by atoms with Crippen molar-refractivity contribution in [3.63, 3.8) is 0 Å². The van der Waals surface area contributed by atoms with E-state index in [1.807, 2.05) is 4.57 Å². The van der Waals surface area contributed by atoms with Crippen molar-refractivity contribution in [2.75, 3.05) is 0 Å². The second-order valence-electron chi connectivity index (χ2n) is 6.17. The molecule has 8 heteroatoms. The van der Waals surface area contributed by atoms with Gasteiger partial charge in [0.2, 0.25) is 0 Å². The van der Waals surface area contributed by atoms with Crippen LogP contribution in [0.3, 0.4) is 0 Å². The lowest BCUT2D eigenvalue weighted by molar-refractivity contribution is 0.0994. The number of hydrogen-bond donors (Lipinski definition) is 0. The Morgan fingerprint density at radius 2 is 1.93 bits per heavy atom. The Morgan fingerprint density at radius 3 is 2.59 bits per heavy atom. The number of ether oxygens (including phenoxy) is 1. The Hall–Kier alpha value is -2.64. The zero-order valence-electron chi connectivity index (χ0n) is 15.7. The van der Waals surface area contributed by atoms with E-state index in [-0.39, 0.29) is 18.2 Å². The largest absolute Gasteiger partial charge is 0.486 e. The molecule has 3 aromatic rings. The molecule has 0 radical (unpaired) electrons. The summed E-state index contributed by atoms with van der Waals surface area (Å²) in [7, 11) is 0. The average molecular weight is 432 g/mol. The zero-order chi connectivity index (χ0) is 20.8. The number of thioether (sulfide) groups is 1. The normalized spacial score (nSPS) is 11.8. The van der Waals surface area contributed by atoms with Gasteiger partial charge in [0.1, 0.15) is 18.2 Å². The standard InChI is InChI=1S/C21H19ClFN3O2S/c1-3-12-26-19(13-28-18-10-6-16(22)7-11-18)24-25-21(26)29-14(2)20(27)15-4-8-17(23)9-5-15/h3-11,14H,1,12-13H2,2H3. The highest BCUT2D eigenvalue weighted by molar-refractivity contribution is 8.00. The van der Waals surface area contributed by atoms with E-state index in [2.05, 4.69) is 16.8 Å². The van der Waals surface area contributed by atoms with Gasteiger partial charge in [0.15, 0.2) is 16.8 Å². The number of halogens is 2. The third kappa shape index (κ3) is 5.46.